The van der Waals surface area contributed by atoms with Gasteiger partial charge < -0.3 is 20.9 Å². The topological polar surface area (TPSA) is 78.7 Å². The van der Waals surface area contributed by atoms with E-state index in [1.54, 1.807) is 21.9 Å². The van der Waals surface area contributed by atoms with E-state index in [4.69, 9.17) is 5.73 Å². The largest absolute Gasteiger partial charge is 0.339 e. The predicted molar refractivity (Wildman–Crippen MR) is 107 cm³/mol. The normalized spacial score (nSPS) is 24.5. The van der Waals surface area contributed by atoms with Crippen LogP contribution in [0.15, 0.2) is 54.6 Å². The number of urea groups is 1. The van der Waals surface area contributed by atoms with Crippen molar-refractivity contribution in [2.75, 3.05) is 26.2 Å². The standard InChI is InChI=1S/C22H25FN4O2/c23-18-8-4-7-17(13-18)22(24)10-12-27(15-22)20(28)14-26-11-9-19(25-21(26)29)16-5-2-1-3-6-16/h1-8,13,19H,9-12,14-15,24H2,(H,25,29). The molecule has 2 aromatic carbocycles. The monoisotopic (exact) mass is 396 g/mol. The molecule has 3 amide bonds. The van der Waals surface area contributed by atoms with Crippen molar-refractivity contribution >= 4 is 11.9 Å². The van der Waals surface area contributed by atoms with Crippen molar-refractivity contribution in [1.29, 1.82) is 0 Å². The fourth-order valence-electron chi connectivity index (χ4n) is 4.13. The first-order valence-electron chi connectivity index (χ1n) is 9.88. The van der Waals surface area contributed by atoms with Crippen LogP contribution < -0.4 is 11.1 Å². The summed E-state index contributed by atoms with van der Waals surface area (Å²) in [6, 6.07) is 15.8. The van der Waals surface area contributed by atoms with E-state index in [1.165, 1.54) is 12.1 Å². The summed E-state index contributed by atoms with van der Waals surface area (Å²) in [4.78, 5) is 28.5. The van der Waals surface area contributed by atoms with Crippen molar-refractivity contribution in [2.24, 2.45) is 5.73 Å². The zero-order valence-electron chi connectivity index (χ0n) is 16.2. The Morgan fingerprint density at radius 2 is 1.97 bits per heavy atom. The third kappa shape index (κ3) is 4.10. The zero-order chi connectivity index (χ0) is 20.4. The van der Waals surface area contributed by atoms with E-state index in [2.05, 4.69) is 5.32 Å². The lowest BCUT2D eigenvalue weighted by molar-refractivity contribution is -0.131. The molecular formula is C22H25FN4O2. The number of benzene rings is 2. The van der Waals surface area contributed by atoms with E-state index >= 15 is 0 Å². The Kier molecular flexibility index (Phi) is 5.24. The zero-order valence-corrected chi connectivity index (χ0v) is 16.2. The lowest BCUT2D eigenvalue weighted by atomic mass is 9.90. The molecule has 4 rings (SSSR count). The van der Waals surface area contributed by atoms with Crippen LogP contribution in [0.1, 0.15) is 30.0 Å². The van der Waals surface area contributed by atoms with Crippen LogP contribution in [0.2, 0.25) is 0 Å². The van der Waals surface area contributed by atoms with Crippen molar-refractivity contribution in [3.63, 3.8) is 0 Å². The summed E-state index contributed by atoms with van der Waals surface area (Å²) < 4.78 is 13.6. The molecule has 0 saturated carbocycles. The summed E-state index contributed by atoms with van der Waals surface area (Å²) in [6.07, 6.45) is 1.30. The molecule has 2 saturated heterocycles. The molecule has 2 aliphatic heterocycles. The third-order valence-electron chi connectivity index (χ3n) is 5.85. The van der Waals surface area contributed by atoms with Crippen LogP contribution in [0.3, 0.4) is 0 Å². The molecule has 0 aromatic heterocycles. The summed E-state index contributed by atoms with van der Waals surface area (Å²) >= 11 is 0. The maximum Gasteiger partial charge on any atom is 0.318 e. The van der Waals surface area contributed by atoms with Gasteiger partial charge in [0.15, 0.2) is 0 Å². The molecule has 0 spiro atoms. The summed E-state index contributed by atoms with van der Waals surface area (Å²) in [6.45, 7) is 1.35. The van der Waals surface area contributed by atoms with Crippen molar-refractivity contribution in [3.8, 4) is 0 Å². The first-order valence-corrected chi connectivity index (χ1v) is 9.88. The molecule has 2 aliphatic rings. The number of rotatable bonds is 4. The first kappa shape index (κ1) is 19.4. The Morgan fingerprint density at radius 3 is 2.69 bits per heavy atom. The highest BCUT2D eigenvalue weighted by molar-refractivity contribution is 5.85. The van der Waals surface area contributed by atoms with Crippen LogP contribution in [0, 0.1) is 5.82 Å². The van der Waals surface area contributed by atoms with Crippen LogP contribution in [0.5, 0.6) is 0 Å². The number of nitrogens with zero attached hydrogens (tertiary/aromatic N) is 2. The van der Waals surface area contributed by atoms with Gasteiger partial charge in [0, 0.05) is 19.6 Å². The second-order valence-corrected chi connectivity index (χ2v) is 7.85. The Morgan fingerprint density at radius 1 is 1.17 bits per heavy atom. The van der Waals surface area contributed by atoms with Gasteiger partial charge in [-0.3, -0.25) is 4.79 Å². The van der Waals surface area contributed by atoms with Gasteiger partial charge in [-0.1, -0.05) is 42.5 Å². The fourth-order valence-corrected chi connectivity index (χ4v) is 4.13. The number of carbonyl (C=O) groups is 2. The molecule has 2 heterocycles. The van der Waals surface area contributed by atoms with Crippen molar-refractivity contribution in [1.82, 2.24) is 15.1 Å². The van der Waals surface area contributed by atoms with E-state index in [9.17, 15) is 14.0 Å². The maximum atomic E-state index is 13.6. The highest BCUT2D eigenvalue weighted by atomic mass is 19.1. The molecule has 2 unspecified atom stereocenters. The Labute approximate surface area is 169 Å². The minimum atomic E-state index is -0.764. The van der Waals surface area contributed by atoms with Gasteiger partial charge in [-0.25, -0.2) is 9.18 Å². The average molecular weight is 396 g/mol. The number of hydrogen-bond acceptors (Lipinski definition) is 3. The minimum absolute atomic E-state index is 0.0204. The van der Waals surface area contributed by atoms with Crippen molar-refractivity contribution < 1.29 is 14.0 Å². The SMILES string of the molecule is NC1(c2cccc(F)c2)CCN(C(=O)CN2CCC(c3ccccc3)NC2=O)C1. The van der Waals surface area contributed by atoms with Gasteiger partial charge >= 0.3 is 6.03 Å². The molecule has 0 aliphatic carbocycles. The van der Waals surface area contributed by atoms with Crippen LogP contribution in [-0.4, -0.2) is 47.9 Å². The van der Waals surface area contributed by atoms with Gasteiger partial charge in [-0.05, 0) is 36.1 Å². The molecule has 2 aromatic rings. The summed E-state index contributed by atoms with van der Waals surface area (Å²) in [7, 11) is 0. The molecule has 3 N–H and O–H groups in total. The molecule has 2 atom stereocenters. The van der Waals surface area contributed by atoms with Gasteiger partial charge in [0.2, 0.25) is 5.91 Å². The average Bonchev–Trinajstić information content (AvgIpc) is 3.14. The quantitative estimate of drug-likeness (QED) is 0.833. The number of halogens is 1. The number of nitrogens with two attached hydrogens (primary N) is 1. The number of likely N-dealkylation sites (tertiary alicyclic amines) is 1. The number of nitrogens with one attached hydrogen (secondary N) is 1. The van der Waals surface area contributed by atoms with Crippen LogP contribution in [0.4, 0.5) is 9.18 Å². The van der Waals surface area contributed by atoms with Crippen molar-refractivity contribution in [3.05, 3.63) is 71.5 Å². The van der Waals surface area contributed by atoms with Gasteiger partial charge in [0.05, 0.1) is 11.6 Å². The molecule has 29 heavy (non-hydrogen) atoms. The predicted octanol–water partition coefficient (Wildman–Crippen LogP) is 2.37. The minimum Gasteiger partial charge on any atom is -0.339 e. The van der Waals surface area contributed by atoms with E-state index in [0.717, 1.165) is 12.0 Å². The summed E-state index contributed by atoms with van der Waals surface area (Å²) in [5.41, 5.74) is 7.46. The van der Waals surface area contributed by atoms with Gasteiger partial charge in [-0.15, -0.1) is 0 Å². The van der Waals surface area contributed by atoms with E-state index < -0.39 is 5.54 Å². The Bertz CT molecular complexity index is 907. The highest BCUT2D eigenvalue weighted by Crippen LogP contribution is 2.30. The second-order valence-electron chi connectivity index (χ2n) is 7.85. The van der Waals surface area contributed by atoms with Crippen LogP contribution >= 0.6 is 0 Å². The van der Waals surface area contributed by atoms with Crippen LogP contribution in [0.25, 0.3) is 0 Å². The van der Waals surface area contributed by atoms with Gasteiger partial charge in [-0.2, -0.15) is 0 Å². The number of amides is 3. The fraction of sp³-hybridized carbons (Fsp3) is 0.364. The molecular weight excluding hydrogens is 371 g/mol. The molecule has 152 valence electrons. The maximum absolute atomic E-state index is 13.6. The molecule has 0 bridgehead atoms. The van der Waals surface area contributed by atoms with Gasteiger partial charge in [0.25, 0.3) is 0 Å². The smallest absolute Gasteiger partial charge is 0.318 e. The molecule has 2 fully saturated rings. The number of carbonyl (C=O) groups excluding carboxylic acids is 2. The van der Waals surface area contributed by atoms with E-state index in [0.29, 0.717) is 31.6 Å². The lowest BCUT2D eigenvalue weighted by Gasteiger charge is -2.34. The third-order valence-corrected chi connectivity index (χ3v) is 5.85. The molecule has 0 radical (unpaired) electrons. The summed E-state index contributed by atoms with van der Waals surface area (Å²) in [5.74, 6) is -0.475. The highest BCUT2D eigenvalue weighted by Gasteiger charge is 2.39. The Balaban J connectivity index is 1.35. The second kappa shape index (κ2) is 7.83. The van der Waals surface area contributed by atoms with Crippen molar-refractivity contribution in [2.45, 2.75) is 24.4 Å². The molecule has 6 nitrogen and oxygen atoms in total. The Hall–Kier alpha value is -2.93. The lowest BCUT2D eigenvalue weighted by Crippen LogP contribution is -2.52. The number of hydrogen-bond donors (Lipinski definition) is 2. The van der Waals surface area contributed by atoms with Gasteiger partial charge in [0.1, 0.15) is 12.4 Å². The first-order chi connectivity index (χ1) is 13.9. The summed E-state index contributed by atoms with van der Waals surface area (Å²) in [5, 5.41) is 2.98. The molecule has 7 heteroatoms. The van der Waals surface area contributed by atoms with E-state index in [-0.39, 0.29) is 30.3 Å². The van der Waals surface area contributed by atoms with E-state index in [1.807, 2.05) is 30.3 Å². The van der Waals surface area contributed by atoms with Crippen LogP contribution in [-0.2, 0) is 10.3 Å².